The Bertz CT molecular complexity index is 939. The Hall–Kier alpha value is -3.88. The Balaban J connectivity index is 1.86. The summed E-state index contributed by atoms with van der Waals surface area (Å²) in [6.45, 7) is 5.49. The van der Waals surface area contributed by atoms with Crippen molar-refractivity contribution in [3.05, 3.63) is 65.2 Å². The standard InChI is InChI=1S/C22H26N4O5/c1-13(2)25-22(30)24-12-15-4-6-17(7-5-15)21(29)31-14(3)20(28)26-18-10-8-16(9-11-18)19(23)27/h4-11,13-14H,12H2,1-3H3,(H2,23,27)(H,26,28)(H2,24,25,30). The molecule has 1 unspecified atom stereocenters. The molecule has 0 saturated carbocycles. The molecule has 9 heteroatoms. The number of rotatable bonds is 8. The van der Waals surface area contributed by atoms with Crippen LogP contribution in [0.2, 0.25) is 0 Å². The summed E-state index contributed by atoms with van der Waals surface area (Å²) in [5.41, 5.74) is 7.02. The molecule has 0 heterocycles. The monoisotopic (exact) mass is 426 g/mol. The molecule has 5 N–H and O–H groups in total. The molecule has 2 aromatic rings. The van der Waals surface area contributed by atoms with Gasteiger partial charge in [-0.2, -0.15) is 0 Å². The van der Waals surface area contributed by atoms with Gasteiger partial charge in [-0.3, -0.25) is 9.59 Å². The summed E-state index contributed by atoms with van der Waals surface area (Å²) in [6.07, 6.45) is -1.04. The van der Waals surface area contributed by atoms with Crippen LogP contribution in [0.4, 0.5) is 10.5 Å². The number of benzene rings is 2. The van der Waals surface area contributed by atoms with E-state index in [2.05, 4.69) is 16.0 Å². The van der Waals surface area contributed by atoms with E-state index in [0.29, 0.717) is 17.8 Å². The smallest absolute Gasteiger partial charge is 0.338 e. The van der Waals surface area contributed by atoms with Gasteiger partial charge in [-0.15, -0.1) is 0 Å². The van der Waals surface area contributed by atoms with Crippen LogP contribution in [-0.2, 0) is 16.1 Å². The fraction of sp³-hybridized carbons (Fsp3) is 0.273. The van der Waals surface area contributed by atoms with Gasteiger partial charge in [0, 0.05) is 23.8 Å². The number of nitrogens with two attached hydrogens (primary N) is 1. The number of urea groups is 1. The van der Waals surface area contributed by atoms with Crippen LogP contribution in [0.3, 0.4) is 0 Å². The van der Waals surface area contributed by atoms with Gasteiger partial charge in [0.25, 0.3) is 5.91 Å². The molecule has 0 aromatic heterocycles. The number of ether oxygens (including phenoxy) is 1. The van der Waals surface area contributed by atoms with E-state index in [-0.39, 0.29) is 17.6 Å². The first kappa shape index (κ1) is 23.4. The Labute approximate surface area is 180 Å². The first-order valence-corrected chi connectivity index (χ1v) is 9.70. The second-order valence-electron chi connectivity index (χ2n) is 7.16. The number of nitrogens with one attached hydrogen (secondary N) is 3. The summed E-state index contributed by atoms with van der Waals surface area (Å²) in [4.78, 5) is 47.2. The van der Waals surface area contributed by atoms with E-state index in [9.17, 15) is 19.2 Å². The maximum atomic E-state index is 12.3. The molecule has 0 radical (unpaired) electrons. The van der Waals surface area contributed by atoms with Crippen molar-refractivity contribution in [3.8, 4) is 0 Å². The Morgan fingerprint density at radius 3 is 2.03 bits per heavy atom. The van der Waals surface area contributed by atoms with Crippen molar-refractivity contribution < 1.29 is 23.9 Å². The molecule has 4 amide bonds. The van der Waals surface area contributed by atoms with E-state index in [1.807, 2.05) is 13.8 Å². The Morgan fingerprint density at radius 1 is 0.903 bits per heavy atom. The number of hydrogen-bond donors (Lipinski definition) is 4. The number of carbonyl (C=O) groups is 4. The van der Waals surface area contributed by atoms with Crippen molar-refractivity contribution in [3.63, 3.8) is 0 Å². The number of anilines is 1. The van der Waals surface area contributed by atoms with Crippen LogP contribution in [0, 0.1) is 0 Å². The second-order valence-corrected chi connectivity index (χ2v) is 7.16. The maximum absolute atomic E-state index is 12.3. The minimum atomic E-state index is -1.04. The summed E-state index contributed by atoms with van der Waals surface area (Å²) in [6, 6.07) is 12.3. The van der Waals surface area contributed by atoms with Crippen molar-refractivity contribution in [1.82, 2.24) is 10.6 Å². The van der Waals surface area contributed by atoms with E-state index >= 15 is 0 Å². The lowest BCUT2D eigenvalue weighted by Gasteiger charge is -2.14. The molecule has 164 valence electrons. The van der Waals surface area contributed by atoms with Gasteiger partial charge in [0.15, 0.2) is 6.10 Å². The topological polar surface area (TPSA) is 140 Å². The lowest BCUT2D eigenvalue weighted by Crippen LogP contribution is -2.39. The molecule has 2 rings (SSSR count). The zero-order chi connectivity index (χ0) is 23.0. The summed E-state index contributed by atoms with van der Waals surface area (Å²) < 4.78 is 5.21. The van der Waals surface area contributed by atoms with Crippen molar-refractivity contribution in [2.45, 2.75) is 39.5 Å². The molecule has 0 aliphatic rings. The van der Waals surface area contributed by atoms with Gasteiger partial charge in [-0.05, 0) is 62.7 Å². The minimum absolute atomic E-state index is 0.0332. The predicted molar refractivity (Wildman–Crippen MR) is 115 cm³/mol. The quantitative estimate of drug-likeness (QED) is 0.479. The van der Waals surface area contributed by atoms with E-state index in [1.165, 1.54) is 31.2 Å². The van der Waals surface area contributed by atoms with Gasteiger partial charge in [0.2, 0.25) is 5.91 Å². The molecule has 0 aliphatic carbocycles. The molecule has 0 saturated heterocycles. The molecule has 0 aliphatic heterocycles. The molecule has 31 heavy (non-hydrogen) atoms. The molecule has 0 bridgehead atoms. The van der Waals surface area contributed by atoms with Crippen LogP contribution in [0.25, 0.3) is 0 Å². The fourth-order valence-corrected chi connectivity index (χ4v) is 2.50. The van der Waals surface area contributed by atoms with Gasteiger partial charge in [0.05, 0.1) is 5.56 Å². The average Bonchev–Trinajstić information content (AvgIpc) is 2.72. The van der Waals surface area contributed by atoms with Crippen LogP contribution in [-0.4, -0.2) is 36.0 Å². The highest BCUT2D eigenvalue weighted by atomic mass is 16.5. The number of carbonyl (C=O) groups excluding carboxylic acids is 4. The van der Waals surface area contributed by atoms with Crippen LogP contribution in [0.1, 0.15) is 47.1 Å². The van der Waals surface area contributed by atoms with E-state index in [4.69, 9.17) is 10.5 Å². The summed E-state index contributed by atoms with van der Waals surface area (Å²) in [5.74, 6) is -1.73. The van der Waals surface area contributed by atoms with Crippen molar-refractivity contribution in [2.75, 3.05) is 5.32 Å². The molecular formula is C22H26N4O5. The van der Waals surface area contributed by atoms with E-state index < -0.39 is 23.9 Å². The van der Waals surface area contributed by atoms with Crippen molar-refractivity contribution >= 4 is 29.5 Å². The summed E-state index contributed by atoms with van der Waals surface area (Å²) >= 11 is 0. The van der Waals surface area contributed by atoms with Gasteiger partial charge in [-0.25, -0.2) is 9.59 Å². The summed E-state index contributed by atoms with van der Waals surface area (Å²) in [7, 11) is 0. The fourth-order valence-electron chi connectivity index (χ4n) is 2.50. The lowest BCUT2D eigenvalue weighted by atomic mass is 10.1. The molecule has 2 aromatic carbocycles. The molecule has 0 spiro atoms. The van der Waals surface area contributed by atoms with Crippen LogP contribution in [0.15, 0.2) is 48.5 Å². The minimum Gasteiger partial charge on any atom is -0.449 e. The second kappa shape index (κ2) is 10.8. The predicted octanol–water partition coefficient (Wildman–Crippen LogP) is 2.18. The van der Waals surface area contributed by atoms with Crippen LogP contribution >= 0.6 is 0 Å². The number of hydrogen-bond acceptors (Lipinski definition) is 5. The third-order valence-corrected chi connectivity index (χ3v) is 4.15. The number of amides is 4. The molecule has 1 atom stereocenters. The van der Waals surface area contributed by atoms with E-state index in [1.54, 1.807) is 24.3 Å². The van der Waals surface area contributed by atoms with Crippen LogP contribution in [0.5, 0.6) is 0 Å². The van der Waals surface area contributed by atoms with Crippen LogP contribution < -0.4 is 21.7 Å². The maximum Gasteiger partial charge on any atom is 0.338 e. The highest BCUT2D eigenvalue weighted by Crippen LogP contribution is 2.12. The first-order chi connectivity index (χ1) is 14.7. The van der Waals surface area contributed by atoms with Crippen molar-refractivity contribution in [1.29, 1.82) is 0 Å². The molecule has 9 nitrogen and oxygen atoms in total. The highest BCUT2D eigenvalue weighted by molar-refractivity contribution is 5.98. The zero-order valence-corrected chi connectivity index (χ0v) is 17.6. The van der Waals surface area contributed by atoms with Gasteiger partial charge < -0.3 is 26.4 Å². The van der Waals surface area contributed by atoms with Gasteiger partial charge in [0.1, 0.15) is 0 Å². The largest absolute Gasteiger partial charge is 0.449 e. The lowest BCUT2D eigenvalue weighted by molar-refractivity contribution is -0.123. The summed E-state index contributed by atoms with van der Waals surface area (Å²) in [5, 5.41) is 8.03. The number of esters is 1. The van der Waals surface area contributed by atoms with Gasteiger partial charge >= 0.3 is 12.0 Å². The average molecular weight is 426 g/mol. The Kier molecular flexibility index (Phi) is 8.13. The van der Waals surface area contributed by atoms with Gasteiger partial charge in [-0.1, -0.05) is 12.1 Å². The normalized spacial score (nSPS) is 11.4. The molecule has 0 fully saturated rings. The third kappa shape index (κ3) is 7.46. The Morgan fingerprint density at radius 2 is 1.48 bits per heavy atom. The highest BCUT2D eigenvalue weighted by Gasteiger charge is 2.19. The first-order valence-electron chi connectivity index (χ1n) is 9.70. The third-order valence-electron chi connectivity index (χ3n) is 4.15. The number of primary amides is 1. The van der Waals surface area contributed by atoms with E-state index in [0.717, 1.165) is 5.56 Å². The zero-order valence-electron chi connectivity index (χ0n) is 17.6. The molecular weight excluding hydrogens is 400 g/mol. The van der Waals surface area contributed by atoms with Crippen molar-refractivity contribution in [2.24, 2.45) is 5.73 Å². The SMILES string of the molecule is CC(C)NC(=O)NCc1ccc(C(=O)OC(C)C(=O)Nc2ccc(C(N)=O)cc2)cc1.